The maximum Gasteiger partial charge on any atom is 0.169 e. The summed E-state index contributed by atoms with van der Waals surface area (Å²) in [4.78, 5) is 10.8. The Bertz CT molecular complexity index is 429. The van der Waals surface area contributed by atoms with Crippen molar-refractivity contribution in [1.82, 2.24) is 0 Å². The van der Waals surface area contributed by atoms with E-state index in [1.54, 1.807) is 12.1 Å². The van der Waals surface area contributed by atoms with Crippen LogP contribution >= 0.6 is 12.6 Å². The molecule has 0 saturated heterocycles. The first kappa shape index (κ1) is 11.5. The van der Waals surface area contributed by atoms with Crippen molar-refractivity contribution in [2.45, 2.75) is 0 Å². The Hall–Kier alpha value is -1.60. The molecule has 78 valence electrons. The van der Waals surface area contributed by atoms with Gasteiger partial charge in [0.1, 0.15) is 0 Å². The second-order valence-electron chi connectivity index (χ2n) is 2.66. The molecule has 1 N–H and O–H groups in total. The number of phenolic OH excluding ortho intramolecular Hbond substituents is 1. The van der Waals surface area contributed by atoms with E-state index >= 15 is 0 Å². The smallest absolute Gasteiger partial charge is 0.169 e. The lowest BCUT2D eigenvalue weighted by molar-refractivity contribution is 0.112. The molecule has 0 fully saturated rings. The van der Waals surface area contributed by atoms with E-state index in [2.05, 4.69) is 24.5 Å². The third-order valence-corrected chi connectivity index (χ3v) is 1.98. The number of benzene rings is 1. The number of hydrogen-bond donors (Lipinski definition) is 2. The van der Waals surface area contributed by atoms with E-state index in [4.69, 9.17) is 4.74 Å². The van der Waals surface area contributed by atoms with Gasteiger partial charge in [0, 0.05) is 5.56 Å². The number of phenols is 1. The van der Waals surface area contributed by atoms with E-state index in [0.717, 1.165) is 0 Å². The van der Waals surface area contributed by atoms with Crippen molar-refractivity contribution in [2.75, 3.05) is 12.9 Å². The van der Waals surface area contributed by atoms with Gasteiger partial charge in [-0.25, -0.2) is 0 Å². The summed E-state index contributed by atoms with van der Waals surface area (Å²) in [6.07, 6.45) is 0.556. The molecule has 3 nitrogen and oxygen atoms in total. The van der Waals surface area contributed by atoms with Crippen LogP contribution in [0.5, 0.6) is 11.5 Å². The van der Waals surface area contributed by atoms with Crippen LogP contribution in [0.3, 0.4) is 0 Å². The zero-order chi connectivity index (χ0) is 11.3. The maximum atomic E-state index is 10.8. The number of carbonyl (C=O) groups excluding carboxylic acids is 1. The number of ether oxygens (including phenoxy) is 1. The Morgan fingerprint density at radius 2 is 2.33 bits per heavy atom. The fraction of sp³-hybridized carbons (Fsp3) is 0.182. The van der Waals surface area contributed by atoms with Gasteiger partial charge in [0.15, 0.2) is 17.8 Å². The lowest BCUT2D eigenvalue weighted by Gasteiger charge is -2.06. The second kappa shape index (κ2) is 5.32. The molecule has 4 heteroatoms. The summed E-state index contributed by atoms with van der Waals surface area (Å²) in [5.41, 5.74) is 0.612. The van der Waals surface area contributed by atoms with Gasteiger partial charge in [0.2, 0.25) is 0 Å². The highest BCUT2D eigenvalue weighted by Crippen LogP contribution is 2.30. The number of thiol groups is 1. The van der Waals surface area contributed by atoms with Crippen LogP contribution in [-0.2, 0) is 0 Å². The highest BCUT2D eigenvalue weighted by Gasteiger charge is 2.10. The van der Waals surface area contributed by atoms with Crippen molar-refractivity contribution in [3.8, 4) is 23.3 Å². The van der Waals surface area contributed by atoms with Gasteiger partial charge >= 0.3 is 0 Å². The summed E-state index contributed by atoms with van der Waals surface area (Å²) in [5.74, 6) is 5.91. The van der Waals surface area contributed by atoms with Crippen molar-refractivity contribution in [1.29, 1.82) is 0 Å². The second-order valence-corrected chi connectivity index (χ2v) is 2.97. The van der Waals surface area contributed by atoms with Gasteiger partial charge in [-0.05, 0) is 12.1 Å². The first-order valence-electron chi connectivity index (χ1n) is 4.19. The standard InChI is InChI=1S/C11H10O3S/c1-14-10-5-4-8(3-2-6-15)9(7-12)11(10)13/h4-5,7,13,15H,6H2,1H3. The van der Waals surface area contributed by atoms with E-state index in [-0.39, 0.29) is 17.1 Å². The highest BCUT2D eigenvalue weighted by atomic mass is 32.1. The molecule has 1 rings (SSSR count). The first-order valence-corrected chi connectivity index (χ1v) is 4.82. The quantitative estimate of drug-likeness (QED) is 0.453. The van der Waals surface area contributed by atoms with E-state index in [1.807, 2.05) is 0 Å². The number of carbonyl (C=O) groups is 1. The molecule has 1 aromatic carbocycles. The van der Waals surface area contributed by atoms with E-state index in [9.17, 15) is 9.90 Å². The summed E-state index contributed by atoms with van der Waals surface area (Å²) < 4.78 is 4.87. The molecule has 0 unspecified atom stereocenters. The van der Waals surface area contributed by atoms with Crippen LogP contribution in [0.2, 0.25) is 0 Å². The summed E-state index contributed by atoms with van der Waals surface area (Å²) in [7, 11) is 1.42. The molecule has 0 aliphatic carbocycles. The fourth-order valence-electron chi connectivity index (χ4n) is 1.12. The van der Waals surface area contributed by atoms with E-state index in [1.165, 1.54) is 7.11 Å². The molecule has 0 aromatic heterocycles. The van der Waals surface area contributed by atoms with Crippen LogP contribution in [0, 0.1) is 11.8 Å². The number of aldehydes is 1. The van der Waals surface area contributed by atoms with Gasteiger partial charge in [-0.1, -0.05) is 11.8 Å². The minimum absolute atomic E-state index is 0.142. The van der Waals surface area contributed by atoms with Gasteiger partial charge in [-0.2, -0.15) is 12.6 Å². The van der Waals surface area contributed by atoms with Gasteiger partial charge in [-0.3, -0.25) is 4.79 Å². The van der Waals surface area contributed by atoms with Crippen molar-refractivity contribution in [3.63, 3.8) is 0 Å². The minimum atomic E-state index is -0.182. The monoisotopic (exact) mass is 222 g/mol. The Kier molecular flexibility index (Phi) is 4.07. The lowest BCUT2D eigenvalue weighted by atomic mass is 10.1. The molecule has 0 heterocycles. The third kappa shape index (κ3) is 2.45. The Morgan fingerprint density at radius 3 is 2.87 bits per heavy atom. The van der Waals surface area contributed by atoms with Crippen molar-refractivity contribution < 1.29 is 14.6 Å². The van der Waals surface area contributed by atoms with Gasteiger partial charge in [-0.15, -0.1) is 0 Å². The van der Waals surface area contributed by atoms with E-state index in [0.29, 0.717) is 17.6 Å². The Morgan fingerprint density at radius 1 is 1.60 bits per heavy atom. The average molecular weight is 222 g/mol. The maximum absolute atomic E-state index is 10.8. The third-order valence-electron chi connectivity index (χ3n) is 1.82. The molecular formula is C11H10O3S. The molecule has 0 aliphatic heterocycles. The van der Waals surface area contributed by atoms with Crippen LogP contribution in [0.1, 0.15) is 15.9 Å². The number of aromatic hydroxyl groups is 1. The van der Waals surface area contributed by atoms with Crippen LogP contribution < -0.4 is 4.74 Å². The molecule has 0 amide bonds. The Labute approximate surface area is 93.5 Å². The minimum Gasteiger partial charge on any atom is -0.504 e. The predicted molar refractivity (Wildman–Crippen MR) is 60.8 cm³/mol. The van der Waals surface area contributed by atoms with Crippen molar-refractivity contribution >= 4 is 18.9 Å². The van der Waals surface area contributed by atoms with Crippen LogP contribution in [0.4, 0.5) is 0 Å². The van der Waals surface area contributed by atoms with Crippen LogP contribution in [-0.4, -0.2) is 24.3 Å². The molecule has 0 radical (unpaired) electrons. The Balaban J connectivity index is 3.30. The van der Waals surface area contributed by atoms with Gasteiger partial charge in [0.25, 0.3) is 0 Å². The SMILES string of the molecule is COc1ccc(C#CCS)c(C=O)c1O. The normalized spacial score (nSPS) is 8.93. The van der Waals surface area contributed by atoms with Crippen LogP contribution in [0.15, 0.2) is 12.1 Å². The molecule has 0 saturated carbocycles. The van der Waals surface area contributed by atoms with Crippen LogP contribution in [0.25, 0.3) is 0 Å². The number of hydrogen-bond acceptors (Lipinski definition) is 4. The molecular weight excluding hydrogens is 212 g/mol. The lowest BCUT2D eigenvalue weighted by Crippen LogP contribution is -1.92. The summed E-state index contributed by atoms with van der Waals surface area (Å²) in [6, 6.07) is 3.18. The molecule has 1 aromatic rings. The van der Waals surface area contributed by atoms with E-state index < -0.39 is 0 Å². The average Bonchev–Trinajstić information content (AvgIpc) is 2.26. The molecule has 0 atom stereocenters. The largest absolute Gasteiger partial charge is 0.504 e. The topological polar surface area (TPSA) is 46.5 Å². The van der Waals surface area contributed by atoms with Crippen molar-refractivity contribution in [2.24, 2.45) is 0 Å². The summed E-state index contributed by atoms with van der Waals surface area (Å²) in [6.45, 7) is 0. The predicted octanol–water partition coefficient (Wildman–Crippen LogP) is 1.49. The molecule has 0 bridgehead atoms. The van der Waals surface area contributed by atoms with Gasteiger partial charge in [0.05, 0.1) is 18.4 Å². The number of rotatable bonds is 2. The van der Waals surface area contributed by atoms with Crippen molar-refractivity contribution in [3.05, 3.63) is 23.3 Å². The molecule has 0 aliphatic rings. The zero-order valence-electron chi connectivity index (χ0n) is 8.15. The molecule has 0 spiro atoms. The summed E-state index contributed by atoms with van der Waals surface area (Å²) in [5, 5.41) is 9.63. The van der Waals surface area contributed by atoms with Gasteiger partial charge < -0.3 is 9.84 Å². The molecule has 15 heavy (non-hydrogen) atoms. The highest BCUT2D eigenvalue weighted by molar-refractivity contribution is 7.80. The number of methoxy groups -OCH3 is 1. The summed E-state index contributed by atoms with van der Waals surface area (Å²) >= 11 is 3.93. The fourth-order valence-corrected chi connectivity index (χ4v) is 1.19. The zero-order valence-corrected chi connectivity index (χ0v) is 9.04. The first-order chi connectivity index (χ1) is 7.24.